The number of carbonyl (C=O) groups excluding carboxylic acids is 1. The number of hydrogen-bond donors (Lipinski definition) is 0. The van der Waals surface area contributed by atoms with Crippen LogP contribution in [0.5, 0.6) is 5.75 Å². The lowest BCUT2D eigenvalue weighted by molar-refractivity contribution is -0.136. The molecule has 5 heteroatoms. The second kappa shape index (κ2) is 5.01. The fourth-order valence-electron chi connectivity index (χ4n) is 1.45. The Morgan fingerprint density at radius 1 is 1.53 bits per heavy atom. The highest BCUT2D eigenvalue weighted by molar-refractivity contribution is 6.38. The van der Waals surface area contributed by atoms with Gasteiger partial charge in [-0.3, -0.25) is 0 Å². The number of alkyl halides is 1. The SMILES string of the molecule is COc1cccc(/C=C2/C(=O)ON=C2CCl)c1. The van der Waals surface area contributed by atoms with Gasteiger partial charge in [-0.1, -0.05) is 17.3 Å². The summed E-state index contributed by atoms with van der Waals surface area (Å²) in [6.45, 7) is 0. The van der Waals surface area contributed by atoms with Crippen LogP contribution in [0.1, 0.15) is 5.56 Å². The molecule has 4 nitrogen and oxygen atoms in total. The number of ether oxygens (including phenoxy) is 1. The zero-order valence-electron chi connectivity index (χ0n) is 9.14. The number of benzene rings is 1. The molecule has 2 rings (SSSR count). The summed E-state index contributed by atoms with van der Waals surface area (Å²) in [7, 11) is 1.59. The first kappa shape index (κ1) is 11.7. The number of nitrogens with zero attached hydrogens (tertiary/aromatic N) is 1. The molecule has 1 aliphatic heterocycles. The van der Waals surface area contributed by atoms with Crippen molar-refractivity contribution in [2.45, 2.75) is 0 Å². The first-order valence-electron chi connectivity index (χ1n) is 4.95. The van der Waals surface area contributed by atoms with Crippen molar-refractivity contribution in [1.29, 1.82) is 0 Å². The predicted molar refractivity (Wildman–Crippen MR) is 65.2 cm³/mol. The highest BCUT2D eigenvalue weighted by atomic mass is 35.5. The monoisotopic (exact) mass is 251 g/mol. The van der Waals surface area contributed by atoms with Crippen molar-refractivity contribution in [1.82, 2.24) is 0 Å². The van der Waals surface area contributed by atoms with E-state index in [2.05, 4.69) is 9.99 Å². The summed E-state index contributed by atoms with van der Waals surface area (Å²) < 4.78 is 5.10. The lowest BCUT2D eigenvalue weighted by Crippen LogP contribution is -2.06. The Morgan fingerprint density at radius 3 is 3.06 bits per heavy atom. The Hall–Kier alpha value is -1.81. The fourth-order valence-corrected chi connectivity index (χ4v) is 1.64. The van der Waals surface area contributed by atoms with E-state index < -0.39 is 5.97 Å². The molecule has 0 bridgehead atoms. The van der Waals surface area contributed by atoms with Gasteiger partial charge in [-0.2, -0.15) is 0 Å². The minimum absolute atomic E-state index is 0.140. The molecule has 0 aromatic heterocycles. The van der Waals surface area contributed by atoms with E-state index >= 15 is 0 Å². The molecule has 0 aliphatic carbocycles. The Labute approximate surface area is 103 Å². The topological polar surface area (TPSA) is 47.9 Å². The maximum atomic E-state index is 11.4. The molecule has 0 saturated carbocycles. The molecule has 0 radical (unpaired) electrons. The van der Waals surface area contributed by atoms with Crippen LogP contribution in [-0.4, -0.2) is 24.7 Å². The standard InChI is InChI=1S/C12H10ClNO3/c1-16-9-4-2-3-8(5-9)6-10-11(7-13)14-17-12(10)15/h2-6H,7H2,1H3/b10-6+. The summed E-state index contributed by atoms with van der Waals surface area (Å²) in [6.07, 6.45) is 1.68. The molecule has 0 N–H and O–H groups in total. The Kier molecular flexibility index (Phi) is 3.44. The third-order valence-electron chi connectivity index (χ3n) is 2.30. The molecule has 1 aromatic rings. The maximum Gasteiger partial charge on any atom is 0.367 e. The molecule has 0 unspecified atom stereocenters. The van der Waals surface area contributed by atoms with E-state index in [9.17, 15) is 4.79 Å². The number of rotatable bonds is 3. The van der Waals surface area contributed by atoms with Crippen molar-refractivity contribution in [3.05, 3.63) is 35.4 Å². The third kappa shape index (κ3) is 2.47. The molecular formula is C12H10ClNO3. The van der Waals surface area contributed by atoms with E-state index in [1.54, 1.807) is 13.2 Å². The number of hydrogen-bond acceptors (Lipinski definition) is 4. The summed E-state index contributed by atoms with van der Waals surface area (Å²) in [5.41, 5.74) is 1.66. The van der Waals surface area contributed by atoms with Crippen LogP contribution in [0.2, 0.25) is 0 Å². The van der Waals surface area contributed by atoms with Gasteiger partial charge in [-0.25, -0.2) is 4.79 Å². The van der Waals surface area contributed by atoms with Gasteiger partial charge in [0.2, 0.25) is 0 Å². The Morgan fingerprint density at radius 2 is 2.35 bits per heavy atom. The van der Waals surface area contributed by atoms with Crippen LogP contribution in [0.3, 0.4) is 0 Å². The zero-order valence-corrected chi connectivity index (χ0v) is 9.90. The quantitative estimate of drug-likeness (QED) is 0.470. The second-order valence-corrected chi connectivity index (χ2v) is 3.65. The maximum absolute atomic E-state index is 11.4. The average Bonchev–Trinajstić information content (AvgIpc) is 2.71. The van der Waals surface area contributed by atoms with Gasteiger partial charge in [0.15, 0.2) is 0 Å². The first-order chi connectivity index (χ1) is 8.24. The lowest BCUT2D eigenvalue weighted by Gasteiger charge is -2.01. The van der Waals surface area contributed by atoms with Crippen LogP contribution in [0.4, 0.5) is 0 Å². The van der Waals surface area contributed by atoms with Crippen molar-refractivity contribution in [3.63, 3.8) is 0 Å². The van der Waals surface area contributed by atoms with Crippen molar-refractivity contribution in [2.75, 3.05) is 13.0 Å². The van der Waals surface area contributed by atoms with Crippen LogP contribution in [0.25, 0.3) is 6.08 Å². The van der Waals surface area contributed by atoms with Crippen LogP contribution < -0.4 is 4.74 Å². The molecule has 1 aromatic carbocycles. The molecule has 17 heavy (non-hydrogen) atoms. The molecule has 0 spiro atoms. The van der Waals surface area contributed by atoms with Gasteiger partial charge in [0, 0.05) is 0 Å². The smallest absolute Gasteiger partial charge is 0.367 e. The Bertz CT molecular complexity index is 508. The minimum atomic E-state index is -0.483. The summed E-state index contributed by atoms with van der Waals surface area (Å²) in [6, 6.07) is 7.33. The van der Waals surface area contributed by atoms with E-state index in [0.717, 1.165) is 11.3 Å². The van der Waals surface area contributed by atoms with Crippen LogP contribution >= 0.6 is 11.6 Å². The van der Waals surface area contributed by atoms with Gasteiger partial charge in [-0.05, 0) is 23.8 Å². The molecular weight excluding hydrogens is 242 g/mol. The molecule has 0 fully saturated rings. The van der Waals surface area contributed by atoms with E-state index in [-0.39, 0.29) is 5.88 Å². The van der Waals surface area contributed by atoms with E-state index in [4.69, 9.17) is 16.3 Å². The van der Waals surface area contributed by atoms with Gasteiger partial charge in [-0.15, -0.1) is 11.6 Å². The highest BCUT2D eigenvalue weighted by Gasteiger charge is 2.24. The van der Waals surface area contributed by atoms with Gasteiger partial charge in [0.05, 0.1) is 18.6 Å². The molecule has 1 heterocycles. The Balaban J connectivity index is 2.34. The number of oxime groups is 1. The summed E-state index contributed by atoms with van der Waals surface area (Å²) in [5, 5.41) is 3.59. The molecule has 88 valence electrons. The van der Waals surface area contributed by atoms with Gasteiger partial charge in [0.25, 0.3) is 0 Å². The molecule has 0 amide bonds. The third-order valence-corrected chi connectivity index (χ3v) is 2.55. The van der Waals surface area contributed by atoms with Crippen LogP contribution in [-0.2, 0) is 9.63 Å². The average molecular weight is 252 g/mol. The second-order valence-electron chi connectivity index (χ2n) is 3.38. The summed E-state index contributed by atoms with van der Waals surface area (Å²) in [4.78, 5) is 16.0. The highest BCUT2D eigenvalue weighted by Crippen LogP contribution is 2.19. The predicted octanol–water partition coefficient (Wildman–Crippen LogP) is 2.23. The number of carbonyl (C=O) groups is 1. The van der Waals surface area contributed by atoms with Crippen molar-refractivity contribution < 1.29 is 14.4 Å². The van der Waals surface area contributed by atoms with E-state index in [1.807, 2.05) is 24.3 Å². The van der Waals surface area contributed by atoms with Gasteiger partial charge >= 0.3 is 5.97 Å². The first-order valence-corrected chi connectivity index (χ1v) is 5.48. The zero-order chi connectivity index (χ0) is 12.3. The van der Waals surface area contributed by atoms with Crippen molar-refractivity contribution in [2.24, 2.45) is 5.16 Å². The van der Waals surface area contributed by atoms with Crippen LogP contribution in [0.15, 0.2) is 35.0 Å². The fraction of sp³-hybridized carbons (Fsp3) is 0.167. The normalized spacial score (nSPS) is 16.9. The van der Waals surface area contributed by atoms with E-state index in [0.29, 0.717) is 11.3 Å². The van der Waals surface area contributed by atoms with Crippen molar-refractivity contribution >= 4 is 29.4 Å². The van der Waals surface area contributed by atoms with Gasteiger partial charge < -0.3 is 9.57 Å². The van der Waals surface area contributed by atoms with Crippen LogP contribution in [0, 0.1) is 0 Å². The van der Waals surface area contributed by atoms with E-state index in [1.165, 1.54) is 0 Å². The summed E-state index contributed by atoms with van der Waals surface area (Å²) >= 11 is 5.66. The molecule has 0 atom stereocenters. The number of methoxy groups -OCH3 is 1. The summed E-state index contributed by atoms with van der Waals surface area (Å²) in [5.74, 6) is 0.375. The van der Waals surface area contributed by atoms with Crippen molar-refractivity contribution in [3.8, 4) is 5.75 Å². The number of halogens is 1. The van der Waals surface area contributed by atoms with Gasteiger partial charge in [0.1, 0.15) is 11.5 Å². The lowest BCUT2D eigenvalue weighted by atomic mass is 10.1. The molecule has 0 saturated heterocycles. The molecule has 1 aliphatic rings. The largest absolute Gasteiger partial charge is 0.497 e. The minimum Gasteiger partial charge on any atom is -0.497 e.